The summed E-state index contributed by atoms with van der Waals surface area (Å²) in [7, 11) is 0. The molecule has 23 heavy (non-hydrogen) atoms. The van der Waals surface area contributed by atoms with Gasteiger partial charge in [0.05, 0.1) is 0 Å². The first-order chi connectivity index (χ1) is 11.3. The molecule has 2 nitrogen and oxygen atoms in total. The van der Waals surface area contributed by atoms with E-state index in [0.29, 0.717) is 5.75 Å². The molecule has 3 aliphatic rings. The molecule has 0 spiro atoms. The Morgan fingerprint density at radius 3 is 2.13 bits per heavy atom. The van der Waals surface area contributed by atoms with Gasteiger partial charge in [0.15, 0.2) is 0 Å². The molecular weight excluding hydrogens is 282 g/mol. The van der Waals surface area contributed by atoms with Gasteiger partial charge in [-0.1, -0.05) is 30.5 Å². The second-order valence-corrected chi connectivity index (χ2v) is 7.83. The maximum absolute atomic E-state index is 9.60. The molecule has 2 aliphatic carbocycles. The first-order valence-corrected chi connectivity index (χ1v) is 9.52. The predicted molar refractivity (Wildman–Crippen MR) is 95.4 cm³/mol. The van der Waals surface area contributed by atoms with E-state index in [0.717, 1.165) is 18.4 Å². The summed E-state index contributed by atoms with van der Waals surface area (Å²) in [4.78, 5) is 2.72. The molecule has 0 radical (unpaired) electrons. The maximum Gasteiger partial charge on any atom is 0.115 e. The van der Waals surface area contributed by atoms with Gasteiger partial charge >= 0.3 is 0 Å². The van der Waals surface area contributed by atoms with Crippen LogP contribution >= 0.6 is 0 Å². The van der Waals surface area contributed by atoms with Crippen molar-refractivity contribution < 1.29 is 5.11 Å². The summed E-state index contributed by atoms with van der Waals surface area (Å²) in [5.41, 5.74) is 4.56. The molecule has 1 aromatic carbocycles. The molecule has 0 amide bonds. The lowest BCUT2D eigenvalue weighted by atomic mass is 9.82. The zero-order valence-corrected chi connectivity index (χ0v) is 14.1. The second-order valence-electron chi connectivity index (χ2n) is 7.83. The molecule has 124 valence electrons. The number of hydrogen-bond acceptors (Lipinski definition) is 2. The second kappa shape index (κ2) is 6.68. The smallest absolute Gasteiger partial charge is 0.115 e. The van der Waals surface area contributed by atoms with E-state index in [1.165, 1.54) is 70.0 Å². The highest BCUT2D eigenvalue weighted by molar-refractivity contribution is 5.71. The SMILES string of the molecule is Oc1ccc(C(CN2CC3CCCCC3C2)=C2CCCC2)cc1. The molecule has 1 aromatic rings. The molecule has 1 heterocycles. The van der Waals surface area contributed by atoms with Crippen molar-refractivity contribution in [3.63, 3.8) is 0 Å². The van der Waals surface area contributed by atoms with E-state index in [-0.39, 0.29) is 0 Å². The Morgan fingerprint density at radius 2 is 1.52 bits per heavy atom. The van der Waals surface area contributed by atoms with Crippen molar-refractivity contribution in [3.05, 3.63) is 35.4 Å². The van der Waals surface area contributed by atoms with Crippen LogP contribution in [0.25, 0.3) is 5.57 Å². The minimum atomic E-state index is 0.372. The summed E-state index contributed by atoms with van der Waals surface area (Å²) in [6.07, 6.45) is 11.0. The lowest BCUT2D eigenvalue weighted by Gasteiger charge is -2.23. The van der Waals surface area contributed by atoms with E-state index in [9.17, 15) is 5.11 Å². The third kappa shape index (κ3) is 3.33. The highest BCUT2D eigenvalue weighted by Crippen LogP contribution is 2.38. The molecule has 2 unspecified atom stereocenters. The number of fused-ring (bicyclic) bond motifs is 1. The Morgan fingerprint density at radius 1 is 0.913 bits per heavy atom. The summed E-state index contributed by atoms with van der Waals surface area (Å²) in [5.74, 6) is 2.29. The van der Waals surface area contributed by atoms with Crippen LogP contribution in [0.15, 0.2) is 29.8 Å². The molecule has 4 rings (SSSR count). The van der Waals surface area contributed by atoms with E-state index in [2.05, 4.69) is 17.0 Å². The fourth-order valence-electron chi connectivity index (χ4n) is 5.03. The van der Waals surface area contributed by atoms with E-state index < -0.39 is 0 Å². The van der Waals surface area contributed by atoms with Crippen LogP contribution in [-0.2, 0) is 0 Å². The Kier molecular flexibility index (Phi) is 4.43. The number of allylic oxidation sites excluding steroid dienone is 1. The largest absolute Gasteiger partial charge is 0.508 e. The minimum absolute atomic E-state index is 0.372. The monoisotopic (exact) mass is 311 g/mol. The van der Waals surface area contributed by atoms with Crippen LogP contribution in [0.5, 0.6) is 5.75 Å². The Bertz CT molecular complexity index is 552. The average molecular weight is 311 g/mol. The van der Waals surface area contributed by atoms with Crippen LogP contribution < -0.4 is 0 Å². The van der Waals surface area contributed by atoms with Gasteiger partial charge in [-0.2, -0.15) is 0 Å². The molecule has 2 atom stereocenters. The standard InChI is InChI=1S/C21H29NO/c23-20-11-9-17(10-12-20)21(16-5-1-2-6-16)15-22-13-18-7-3-4-8-19(18)14-22/h9-12,18-19,23H,1-8,13-15H2. The normalized spacial score (nSPS) is 28.1. The van der Waals surface area contributed by atoms with Gasteiger partial charge in [0, 0.05) is 19.6 Å². The van der Waals surface area contributed by atoms with Gasteiger partial charge in [-0.15, -0.1) is 0 Å². The topological polar surface area (TPSA) is 23.5 Å². The quantitative estimate of drug-likeness (QED) is 0.863. The Labute approximate surface area is 140 Å². The van der Waals surface area contributed by atoms with Gasteiger partial charge in [0.25, 0.3) is 0 Å². The Balaban J connectivity index is 1.54. The number of nitrogens with zero attached hydrogens (tertiary/aromatic N) is 1. The minimum Gasteiger partial charge on any atom is -0.508 e. The number of phenolic OH excluding ortho intramolecular Hbond substituents is 1. The van der Waals surface area contributed by atoms with Crippen LogP contribution in [0.3, 0.4) is 0 Å². The maximum atomic E-state index is 9.60. The third-order valence-electron chi connectivity index (χ3n) is 6.28. The molecule has 0 bridgehead atoms. The summed E-state index contributed by atoms with van der Waals surface area (Å²) in [5, 5.41) is 9.60. The van der Waals surface area contributed by atoms with Crippen molar-refractivity contribution in [1.29, 1.82) is 0 Å². The lowest BCUT2D eigenvalue weighted by molar-refractivity contribution is 0.299. The predicted octanol–water partition coefficient (Wildman–Crippen LogP) is 4.84. The number of likely N-dealkylation sites (tertiary alicyclic amines) is 1. The molecule has 3 fully saturated rings. The molecule has 1 saturated heterocycles. The number of aromatic hydroxyl groups is 1. The van der Waals surface area contributed by atoms with E-state index in [4.69, 9.17) is 0 Å². The fraction of sp³-hybridized carbons (Fsp3) is 0.619. The Hall–Kier alpha value is -1.28. The van der Waals surface area contributed by atoms with Crippen LogP contribution in [0.1, 0.15) is 56.9 Å². The van der Waals surface area contributed by atoms with Crippen molar-refractivity contribution in [2.75, 3.05) is 19.6 Å². The zero-order valence-electron chi connectivity index (χ0n) is 14.1. The number of hydrogen-bond donors (Lipinski definition) is 1. The van der Waals surface area contributed by atoms with Gasteiger partial charge in [-0.3, -0.25) is 4.90 Å². The summed E-state index contributed by atoms with van der Waals surface area (Å²) < 4.78 is 0. The highest BCUT2D eigenvalue weighted by atomic mass is 16.3. The first kappa shape index (κ1) is 15.3. The van der Waals surface area contributed by atoms with Crippen LogP contribution in [0, 0.1) is 11.8 Å². The molecule has 1 aliphatic heterocycles. The van der Waals surface area contributed by atoms with Crippen LogP contribution in [-0.4, -0.2) is 29.6 Å². The first-order valence-electron chi connectivity index (χ1n) is 9.52. The number of benzene rings is 1. The van der Waals surface area contributed by atoms with Gasteiger partial charge in [-0.05, 0) is 73.6 Å². The average Bonchev–Trinajstić information content (AvgIpc) is 3.22. The summed E-state index contributed by atoms with van der Waals surface area (Å²) >= 11 is 0. The molecular formula is C21H29NO. The van der Waals surface area contributed by atoms with Crippen molar-refractivity contribution in [2.45, 2.75) is 51.4 Å². The lowest BCUT2D eigenvalue weighted by Crippen LogP contribution is -2.23. The van der Waals surface area contributed by atoms with Gasteiger partial charge < -0.3 is 5.11 Å². The zero-order chi connectivity index (χ0) is 15.6. The van der Waals surface area contributed by atoms with Gasteiger partial charge in [0.2, 0.25) is 0 Å². The molecule has 2 heteroatoms. The highest BCUT2D eigenvalue weighted by Gasteiger charge is 2.34. The van der Waals surface area contributed by atoms with Crippen molar-refractivity contribution in [2.24, 2.45) is 11.8 Å². The fourth-order valence-corrected chi connectivity index (χ4v) is 5.03. The van der Waals surface area contributed by atoms with Gasteiger partial charge in [-0.25, -0.2) is 0 Å². The number of rotatable bonds is 3. The van der Waals surface area contributed by atoms with Crippen molar-refractivity contribution in [3.8, 4) is 5.75 Å². The molecule has 0 aromatic heterocycles. The van der Waals surface area contributed by atoms with Crippen molar-refractivity contribution >= 4 is 5.57 Å². The summed E-state index contributed by atoms with van der Waals surface area (Å²) in [6, 6.07) is 7.90. The van der Waals surface area contributed by atoms with E-state index in [1.54, 1.807) is 11.1 Å². The van der Waals surface area contributed by atoms with E-state index >= 15 is 0 Å². The third-order valence-corrected chi connectivity index (χ3v) is 6.28. The van der Waals surface area contributed by atoms with Gasteiger partial charge in [0.1, 0.15) is 5.75 Å². The molecule has 2 saturated carbocycles. The van der Waals surface area contributed by atoms with Crippen molar-refractivity contribution in [1.82, 2.24) is 4.90 Å². The van der Waals surface area contributed by atoms with E-state index in [1.807, 2.05) is 12.1 Å². The molecule has 1 N–H and O–H groups in total. The van der Waals surface area contributed by atoms with Crippen LogP contribution in [0.4, 0.5) is 0 Å². The summed E-state index contributed by atoms with van der Waals surface area (Å²) in [6.45, 7) is 3.73. The number of phenols is 1. The van der Waals surface area contributed by atoms with Crippen LogP contribution in [0.2, 0.25) is 0 Å².